The van der Waals surface area contributed by atoms with Crippen LogP contribution in [-0.4, -0.2) is 18.3 Å². The Bertz CT molecular complexity index is 256. The zero-order valence-corrected chi connectivity index (χ0v) is 11.1. The minimum absolute atomic E-state index is 0.310. The molecule has 2 saturated carbocycles. The first-order valence-corrected chi connectivity index (χ1v) is 7.29. The van der Waals surface area contributed by atoms with Crippen molar-refractivity contribution in [1.29, 1.82) is 0 Å². The minimum Gasteiger partial charge on any atom is -0.311 e. The predicted octanol–water partition coefficient (Wildman–Crippen LogP) is 4.28. The topological polar surface area (TPSA) is 12.0 Å². The van der Waals surface area contributed by atoms with Crippen molar-refractivity contribution in [2.24, 2.45) is 11.8 Å². The van der Waals surface area contributed by atoms with Gasteiger partial charge in [-0.2, -0.15) is 13.2 Å². The van der Waals surface area contributed by atoms with Gasteiger partial charge < -0.3 is 5.32 Å². The van der Waals surface area contributed by atoms with Gasteiger partial charge >= 0.3 is 6.18 Å². The zero-order valence-electron chi connectivity index (χ0n) is 11.1. The summed E-state index contributed by atoms with van der Waals surface area (Å²) in [5.74, 6) is -0.376. The van der Waals surface area contributed by atoms with Crippen LogP contribution in [0.5, 0.6) is 0 Å². The standard InChI is InChI=1S/C14H24F3N/c1-10-6-8-11(9-7-10)18-13-5-3-2-4-12(13)14(15,16)17/h10-13,18H,2-9H2,1H3. The molecule has 4 heteroatoms. The van der Waals surface area contributed by atoms with Crippen LogP contribution in [0.1, 0.15) is 58.3 Å². The van der Waals surface area contributed by atoms with Crippen LogP contribution in [0.25, 0.3) is 0 Å². The summed E-state index contributed by atoms with van der Waals surface area (Å²) in [4.78, 5) is 0. The van der Waals surface area contributed by atoms with Gasteiger partial charge in [-0.3, -0.25) is 0 Å². The second-order valence-corrected chi connectivity index (χ2v) is 6.16. The molecule has 2 aliphatic carbocycles. The lowest BCUT2D eigenvalue weighted by molar-refractivity contribution is -0.189. The first-order valence-electron chi connectivity index (χ1n) is 7.29. The highest BCUT2D eigenvalue weighted by molar-refractivity contribution is 4.88. The summed E-state index contributed by atoms with van der Waals surface area (Å²) in [5, 5.41) is 3.31. The molecule has 106 valence electrons. The van der Waals surface area contributed by atoms with Crippen LogP contribution in [-0.2, 0) is 0 Å². The van der Waals surface area contributed by atoms with E-state index in [1.165, 1.54) is 0 Å². The molecule has 0 bridgehead atoms. The SMILES string of the molecule is CC1CCC(NC2CCCCC2C(F)(F)F)CC1. The summed E-state index contributed by atoms with van der Waals surface area (Å²) in [7, 11) is 0. The third kappa shape index (κ3) is 3.62. The largest absolute Gasteiger partial charge is 0.393 e. The number of rotatable bonds is 2. The number of nitrogens with one attached hydrogen (secondary N) is 1. The lowest BCUT2D eigenvalue weighted by Crippen LogP contribution is -2.49. The van der Waals surface area contributed by atoms with Crippen molar-refractivity contribution in [2.45, 2.75) is 76.6 Å². The highest BCUT2D eigenvalue weighted by Crippen LogP contribution is 2.38. The Labute approximate surface area is 108 Å². The van der Waals surface area contributed by atoms with Gasteiger partial charge in [0.05, 0.1) is 5.92 Å². The normalized spacial score (nSPS) is 38.7. The Hall–Kier alpha value is -0.250. The molecule has 2 fully saturated rings. The molecule has 0 aromatic rings. The lowest BCUT2D eigenvalue weighted by Gasteiger charge is -2.38. The van der Waals surface area contributed by atoms with Crippen LogP contribution < -0.4 is 5.32 Å². The fraction of sp³-hybridized carbons (Fsp3) is 1.00. The van der Waals surface area contributed by atoms with Gasteiger partial charge in [-0.25, -0.2) is 0 Å². The van der Waals surface area contributed by atoms with Gasteiger partial charge in [-0.1, -0.05) is 19.8 Å². The molecule has 0 spiro atoms. The second kappa shape index (κ2) is 5.81. The fourth-order valence-electron chi connectivity index (χ4n) is 3.45. The first kappa shape index (κ1) is 14.2. The van der Waals surface area contributed by atoms with Crippen LogP contribution in [0, 0.1) is 11.8 Å². The molecule has 0 aliphatic heterocycles. The average Bonchev–Trinajstić information content (AvgIpc) is 2.31. The summed E-state index contributed by atoms with van der Waals surface area (Å²) >= 11 is 0. The highest BCUT2D eigenvalue weighted by Gasteiger charge is 2.45. The van der Waals surface area contributed by atoms with Crippen LogP contribution in [0.4, 0.5) is 13.2 Å². The predicted molar refractivity (Wildman–Crippen MR) is 66.4 cm³/mol. The second-order valence-electron chi connectivity index (χ2n) is 6.16. The van der Waals surface area contributed by atoms with Crippen molar-refractivity contribution < 1.29 is 13.2 Å². The quantitative estimate of drug-likeness (QED) is 0.784. The summed E-state index contributed by atoms with van der Waals surface area (Å²) in [6.45, 7) is 2.23. The van der Waals surface area contributed by atoms with E-state index in [1.54, 1.807) is 0 Å². The van der Waals surface area contributed by atoms with E-state index < -0.39 is 12.1 Å². The molecule has 2 rings (SSSR count). The molecule has 1 nitrogen and oxygen atoms in total. The van der Waals surface area contributed by atoms with Crippen LogP contribution in [0.3, 0.4) is 0 Å². The molecule has 2 atom stereocenters. The zero-order chi connectivity index (χ0) is 13.2. The fourth-order valence-corrected chi connectivity index (χ4v) is 3.45. The van der Waals surface area contributed by atoms with E-state index in [2.05, 4.69) is 12.2 Å². The third-order valence-corrected chi connectivity index (χ3v) is 4.65. The summed E-state index contributed by atoms with van der Waals surface area (Å²) < 4.78 is 38.9. The Balaban J connectivity index is 1.89. The van der Waals surface area contributed by atoms with Crippen LogP contribution in [0.2, 0.25) is 0 Å². The van der Waals surface area contributed by atoms with Crippen molar-refractivity contribution in [1.82, 2.24) is 5.32 Å². The van der Waals surface area contributed by atoms with E-state index in [1.807, 2.05) is 0 Å². The molecule has 2 aliphatic rings. The van der Waals surface area contributed by atoms with Crippen LogP contribution in [0.15, 0.2) is 0 Å². The Morgan fingerprint density at radius 1 is 0.889 bits per heavy atom. The maximum atomic E-state index is 13.0. The monoisotopic (exact) mass is 263 g/mol. The van der Waals surface area contributed by atoms with Crippen molar-refractivity contribution in [2.75, 3.05) is 0 Å². The maximum absolute atomic E-state index is 13.0. The van der Waals surface area contributed by atoms with Gasteiger partial charge in [0, 0.05) is 12.1 Å². The van der Waals surface area contributed by atoms with Gasteiger partial charge in [0.1, 0.15) is 0 Å². The number of hydrogen-bond donors (Lipinski definition) is 1. The van der Waals surface area contributed by atoms with E-state index >= 15 is 0 Å². The van der Waals surface area contributed by atoms with E-state index in [4.69, 9.17) is 0 Å². The molecule has 0 amide bonds. The first-order chi connectivity index (χ1) is 8.47. The van der Waals surface area contributed by atoms with E-state index in [0.29, 0.717) is 18.9 Å². The van der Waals surface area contributed by atoms with Crippen molar-refractivity contribution in [3.63, 3.8) is 0 Å². The van der Waals surface area contributed by atoms with Gasteiger partial charge in [0.2, 0.25) is 0 Å². The highest BCUT2D eigenvalue weighted by atomic mass is 19.4. The molecule has 2 unspecified atom stereocenters. The molecule has 1 N–H and O–H groups in total. The van der Waals surface area contributed by atoms with Gasteiger partial charge in [-0.15, -0.1) is 0 Å². The summed E-state index contributed by atoms with van der Waals surface area (Å²) in [6, 6.07) is -0.0219. The molecule has 0 heterocycles. The van der Waals surface area contributed by atoms with E-state index in [0.717, 1.165) is 44.4 Å². The minimum atomic E-state index is -4.03. The smallest absolute Gasteiger partial charge is 0.311 e. The molecular weight excluding hydrogens is 239 g/mol. The molecule has 0 aromatic heterocycles. The summed E-state index contributed by atoms with van der Waals surface area (Å²) in [5.41, 5.74) is 0. The lowest BCUT2D eigenvalue weighted by atomic mass is 9.81. The Kier molecular flexibility index (Phi) is 4.57. The maximum Gasteiger partial charge on any atom is 0.393 e. The molecule has 0 radical (unpaired) electrons. The van der Waals surface area contributed by atoms with Crippen LogP contribution >= 0.6 is 0 Å². The average molecular weight is 263 g/mol. The van der Waals surface area contributed by atoms with Gasteiger partial charge in [-0.05, 0) is 44.4 Å². The van der Waals surface area contributed by atoms with Crippen molar-refractivity contribution in [3.8, 4) is 0 Å². The van der Waals surface area contributed by atoms with E-state index in [9.17, 15) is 13.2 Å². The molecule has 0 aromatic carbocycles. The molecule has 18 heavy (non-hydrogen) atoms. The Morgan fingerprint density at radius 3 is 2.11 bits per heavy atom. The van der Waals surface area contributed by atoms with Crippen molar-refractivity contribution in [3.05, 3.63) is 0 Å². The summed E-state index contributed by atoms with van der Waals surface area (Å²) in [6.07, 6.45) is 3.03. The van der Waals surface area contributed by atoms with Crippen molar-refractivity contribution >= 4 is 0 Å². The number of alkyl halides is 3. The number of hydrogen-bond acceptors (Lipinski definition) is 1. The third-order valence-electron chi connectivity index (χ3n) is 4.65. The van der Waals surface area contributed by atoms with Gasteiger partial charge in [0.15, 0.2) is 0 Å². The molecular formula is C14H24F3N. The van der Waals surface area contributed by atoms with Gasteiger partial charge in [0.25, 0.3) is 0 Å². The number of halogens is 3. The molecule has 0 saturated heterocycles. The Morgan fingerprint density at radius 2 is 1.50 bits per heavy atom. The van der Waals surface area contributed by atoms with E-state index in [-0.39, 0.29) is 6.04 Å².